The summed E-state index contributed by atoms with van der Waals surface area (Å²) in [6.45, 7) is 3.91. The molecule has 0 spiro atoms. The highest BCUT2D eigenvalue weighted by Crippen LogP contribution is 2.20. The van der Waals surface area contributed by atoms with Gasteiger partial charge in [0.2, 0.25) is 17.7 Å². The fourth-order valence-electron chi connectivity index (χ4n) is 4.11. The van der Waals surface area contributed by atoms with Gasteiger partial charge in [-0.05, 0) is 42.9 Å². The lowest BCUT2D eigenvalue weighted by Crippen LogP contribution is -2.58. The van der Waals surface area contributed by atoms with Crippen LogP contribution >= 0.6 is 0 Å². The van der Waals surface area contributed by atoms with Crippen molar-refractivity contribution in [3.8, 4) is 5.75 Å². The van der Waals surface area contributed by atoms with Crippen molar-refractivity contribution in [2.45, 2.75) is 70.1 Å². The van der Waals surface area contributed by atoms with Crippen LogP contribution in [0.4, 0.5) is 0 Å². The first kappa shape index (κ1) is 28.6. The van der Waals surface area contributed by atoms with Gasteiger partial charge in [0.1, 0.15) is 23.9 Å². The number of benzene rings is 1. The number of carboxylic acid groups (broad SMARTS) is 2. The number of aliphatic carboxylic acids is 2. The van der Waals surface area contributed by atoms with Crippen LogP contribution < -0.4 is 16.4 Å². The van der Waals surface area contributed by atoms with Gasteiger partial charge in [0, 0.05) is 13.0 Å². The third kappa shape index (κ3) is 8.22. The molecule has 4 atom stereocenters. The molecule has 1 aliphatic heterocycles. The van der Waals surface area contributed by atoms with Crippen LogP contribution in [0.3, 0.4) is 0 Å². The maximum atomic E-state index is 13.3. The number of aromatic hydroxyl groups is 1. The minimum Gasteiger partial charge on any atom is -0.508 e. The first-order chi connectivity index (χ1) is 16.9. The second kappa shape index (κ2) is 12.9. The Hall–Kier alpha value is -3.67. The lowest BCUT2D eigenvalue weighted by atomic mass is 10.0. The summed E-state index contributed by atoms with van der Waals surface area (Å²) in [4.78, 5) is 63.1. The van der Waals surface area contributed by atoms with Gasteiger partial charge in [-0.3, -0.25) is 19.2 Å². The van der Waals surface area contributed by atoms with Crippen molar-refractivity contribution in [1.82, 2.24) is 15.5 Å². The molecule has 4 unspecified atom stereocenters. The van der Waals surface area contributed by atoms with E-state index in [1.54, 1.807) is 12.1 Å². The summed E-state index contributed by atoms with van der Waals surface area (Å²) < 4.78 is 0. The summed E-state index contributed by atoms with van der Waals surface area (Å²) in [6, 6.07) is 1.15. The SMILES string of the molecule is CC(C)CC(N)C(=O)NC(CC(=O)O)C(=O)NC(Cc1ccc(O)cc1)C(=O)N1CCCC1C(=O)O. The van der Waals surface area contributed by atoms with Crippen LogP contribution in [0.2, 0.25) is 0 Å². The molecule has 0 aromatic heterocycles. The third-order valence-electron chi connectivity index (χ3n) is 5.89. The number of carbonyl (C=O) groups is 5. The number of nitrogens with zero attached hydrogens (tertiary/aromatic N) is 1. The largest absolute Gasteiger partial charge is 0.508 e. The molecule has 0 bridgehead atoms. The van der Waals surface area contributed by atoms with E-state index >= 15 is 0 Å². The second-order valence-electron chi connectivity index (χ2n) is 9.35. The van der Waals surface area contributed by atoms with Crippen molar-refractivity contribution in [3.63, 3.8) is 0 Å². The van der Waals surface area contributed by atoms with Crippen molar-refractivity contribution in [1.29, 1.82) is 0 Å². The zero-order chi connectivity index (χ0) is 27.0. The van der Waals surface area contributed by atoms with Gasteiger partial charge in [-0.15, -0.1) is 0 Å². The lowest BCUT2D eigenvalue weighted by Gasteiger charge is -2.29. The normalized spacial score (nSPS) is 17.8. The average molecular weight is 507 g/mol. The standard InChI is InChI=1S/C24H34N4O8/c1-13(2)10-16(25)21(32)26-17(12-20(30)31)22(33)27-18(11-14-5-7-15(29)8-6-14)23(34)28-9-3-4-19(28)24(35)36/h5-8,13,16-19,29H,3-4,9-12,25H2,1-2H3,(H,26,32)(H,27,33)(H,30,31)(H,35,36). The first-order valence-corrected chi connectivity index (χ1v) is 11.8. The summed E-state index contributed by atoms with van der Waals surface area (Å²) in [5, 5.41) is 33.2. The van der Waals surface area contributed by atoms with E-state index in [4.69, 9.17) is 5.73 Å². The quantitative estimate of drug-likeness (QED) is 0.223. The molecule has 198 valence electrons. The predicted molar refractivity (Wildman–Crippen MR) is 128 cm³/mol. The number of carbonyl (C=O) groups excluding carboxylic acids is 3. The number of nitrogens with one attached hydrogen (secondary N) is 2. The highest BCUT2D eigenvalue weighted by molar-refractivity contribution is 5.95. The number of phenols is 1. The van der Waals surface area contributed by atoms with Gasteiger partial charge in [0.15, 0.2) is 0 Å². The van der Waals surface area contributed by atoms with Crippen LogP contribution in [0.25, 0.3) is 0 Å². The number of likely N-dealkylation sites (tertiary alicyclic amines) is 1. The number of hydrogen-bond acceptors (Lipinski definition) is 7. The molecule has 1 aliphatic rings. The van der Waals surface area contributed by atoms with E-state index in [0.29, 0.717) is 18.4 Å². The van der Waals surface area contributed by atoms with Gasteiger partial charge in [0.05, 0.1) is 12.5 Å². The van der Waals surface area contributed by atoms with Crippen molar-refractivity contribution >= 4 is 29.7 Å². The Kier molecular flexibility index (Phi) is 10.2. The maximum absolute atomic E-state index is 13.3. The molecule has 0 radical (unpaired) electrons. The molecule has 0 aliphatic carbocycles. The van der Waals surface area contributed by atoms with Gasteiger partial charge in [-0.25, -0.2) is 4.79 Å². The number of phenolic OH excluding ortho intramolecular Hbond substituents is 1. The highest BCUT2D eigenvalue weighted by atomic mass is 16.4. The smallest absolute Gasteiger partial charge is 0.326 e. The molecule has 12 heteroatoms. The Balaban J connectivity index is 2.27. The van der Waals surface area contributed by atoms with Crippen molar-refractivity contribution in [3.05, 3.63) is 29.8 Å². The minimum absolute atomic E-state index is 0.00174. The van der Waals surface area contributed by atoms with Crippen molar-refractivity contribution in [2.24, 2.45) is 11.7 Å². The van der Waals surface area contributed by atoms with Gasteiger partial charge in [-0.1, -0.05) is 26.0 Å². The summed E-state index contributed by atoms with van der Waals surface area (Å²) >= 11 is 0. The number of nitrogens with two attached hydrogens (primary N) is 1. The molecule has 1 heterocycles. The van der Waals surface area contributed by atoms with Crippen LogP contribution in [0.1, 0.15) is 45.1 Å². The Morgan fingerprint density at radius 1 is 1.03 bits per heavy atom. The van der Waals surface area contributed by atoms with E-state index in [-0.39, 0.29) is 31.1 Å². The minimum atomic E-state index is -1.50. The Bertz CT molecular complexity index is 965. The monoisotopic (exact) mass is 506 g/mol. The maximum Gasteiger partial charge on any atom is 0.326 e. The van der Waals surface area contributed by atoms with Gasteiger partial charge < -0.3 is 36.6 Å². The number of rotatable bonds is 12. The highest BCUT2D eigenvalue weighted by Gasteiger charge is 2.38. The lowest BCUT2D eigenvalue weighted by molar-refractivity contribution is -0.149. The molecule has 1 aromatic rings. The van der Waals surface area contributed by atoms with E-state index in [9.17, 15) is 39.3 Å². The second-order valence-corrected chi connectivity index (χ2v) is 9.35. The van der Waals surface area contributed by atoms with E-state index in [1.165, 1.54) is 17.0 Å². The van der Waals surface area contributed by atoms with E-state index < -0.39 is 60.2 Å². The summed E-state index contributed by atoms with van der Waals surface area (Å²) in [5.41, 5.74) is 6.42. The van der Waals surface area contributed by atoms with Crippen molar-refractivity contribution < 1.29 is 39.3 Å². The summed E-state index contributed by atoms with van der Waals surface area (Å²) in [5.74, 6) is -4.67. The van der Waals surface area contributed by atoms with Crippen molar-refractivity contribution in [2.75, 3.05) is 6.54 Å². The molecular weight excluding hydrogens is 472 g/mol. The third-order valence-corrected chi connectivity index (χ3v) is 5.89. The molecule has 7 N–H and O–H groups in total. The molecule has 3 amide bonds. The average Bonchev–Trinajstić information content (AvgIpc) is 3.28. The van der Waals surface area contributed by atoms with E-state index in [0.717, 1.165) is 0 Å². The van der Waals surface area contributed by atoms with Gasteiger partial charge in [0.25, 0.3) is 0 Å². The molecule has 12 nitrogen and oxygen atoms in total. The predicted octanol–water partition coefficient (Wildman–Crippen LogP) is -0.172. The Morgan fingerprint density at radius 3 is 2.19 bits per heavy atom. The van der Waals surface area contributed by atoms with Crippen LogP contribution in [0.15, 0.2) is 24.3 Å². The first-order valence-electron chi connectivity index (χ1n) is 11.8. The molecule has 0 saturated carbocycles. The van der Waals surface area contributed by atoms with Crippen LogP contribution in [-0.2, 0) is 30.4 Å². The van der Waals surface area contributed by atoms with Crippen LogP contribution in [0.5, 0.6) is 5.75 Å². The fraction of sp³-hybridized carbons (Fsp3) is 0.542. The molecule has 1 aromatic carbocycles. The fourth-order valence-corrected chi connectivity index (χ4v) is 4.11. The van der Waals surface area contributed by atoms with Gasteiger partial charge in [-0.2, -0.15) is 0 Å². The topological polar surface area (TPSA) is 199 Å². The molecular formula is C24H34N4O8. The van der Waals surface area contributed by atoms with E-state index in [1.807, 2.05) is 13.8 Å². The summed E-state index contributed by atoms with van der Waals surface area (Å²) in [6.07, 6.45) is 0.281. The molecule has 36 heavy (non-hydrogen) atoms. The number of amides is 3. The Labute approximate surface area is 208 Å². The zero-order valence-electron chi connectivity index (χ0n) is 20.3. The van der Waals surface area contributed by atoms with Crippen LogP contribution in [-0.4, -0.2) is 80.6 Å². The number of hydrogen-bond donors (Lipinski definition) is 6. The van der Waals surface area contributed by atoms with E-state index in [2.05, 4.69) is 10.6 Å². The zero-order valence-corrected chi connectivity index (χ0v) is 20.3. The molecule has 1 saturated heterocycles. The number of carboxylic acids is 2. The molecule has 1 fully saturated rings. The summed E-state index contributed by atoms with van der Waals surface area (Å²) in [7, 11) is 0. The molecule has 2 rings (SSSR count). The Morgan fingerprint density at radius 2 is 1.64 bits per heavy atom. The van der Waals surface area contributed by atoms with Crippen LogP contribution in [0, 0.1) is 5.92 Å². The van der Waals surface area contributed by atoms with Gasteiger partial charge >= 0.3 is 11.9 Å².